The zero-order valence-corrected chi connectivity index (χ0v) is 8.38. The van der Waals surface area contributed by atoms with Crippen molar-refractivity contribution in [2.24, 2.45) is 0 Å². The van der Waals surface area contributed by atoms with Crippen LogP contribution in [0.1, 0.15) is 5.56 Å². The molecule has 0 saturated carbocycles. The Labute approximate surface area is 87.4 Å². The Morgan fingerprint density at radius 2 is 2.00 bits per heavy atom. The standard InChI is InChI=1S/C10H12N2O3/c1-12(7-10(14)15)9(13)6-8-2-4-11-5-3-8/h2-5H,6-7H2,1H3,(H,14,15). The number of rotatable bonds is 4. The minimum atomic E-state index is -1.01. The first-order valence-corrected chi connectivity index (χ1v) is 4.44. The fourth-order valence-electron chi connectivity index (χ4n) is 1.10. The van der Waals surface area contributed by atoms with Gasteiger partial charge in [-0.05, 0) is 17.7 Å². The van der Waals surface area contributed by atoms with Crippen LogP contribution in [-0.4, -0.2) is 40.5 Å². The number of carbonyl (C=O) groups excluding carboxylic acids is 1. The SMILES string of the molecule is CN(CC(=O)O)C(=O)Cc1ccncc1. The van der Waals surface area contributed by atoms with E-state index in [1.54, 1.807) is 24.5 Å². The lowest BCUT2D eigenvalue weighted by molar-refractivity contribution is -0.143. The molecule has 0 fully saturated rings. The van der Waals surface area contributed by atoms with Crippen LogP contribution in [0.4, 0.5) is 0 Å². The molecule has 1 amide bonds. The van der Waals surface area contributed by atoms with Gasteiger partial charge in [0.1, 0.15) is 6.54 Å². The van der Waals surface area contributed by atoms with E-state index in [-0.39, 0.29) is 18.9 Å². The molecule has 1 aromatic rings. The smallest absolute Gasteiger partial charge is 0.323 e. The van der Waals surface area contributed by atoms with Crippen molar-refractivity contribution < 1.29 is 14.7 Å². The summed E-state index contributed by atoms with van der Waals surface area (Å²) in [6.07, 6.45) is 3.39. The quantitative estimate of drug-likeness (QED) is 0.765. The number of carboxylic acids is 1. The summed E-state index contributed by atoms with van der Waals surface area (Å²) in [5.74, 6) is -1.23. The van der Waals surface area contributed by atoms with E-state index in [4.69, 9.17) is 5.11 Å². The van der Waals surface area contributed by atoms with Gasteiger partial charge in [0.2, 0.25) is 5.91 Å². The van der Waals surface area contributed by atoms with Gasteiger partial charge in [0.05, 0.1) is 6.42 Å². The molecule has 0 aliphatic rings. The summed E-state index contributed by atoms with van der Waals surface area (Å²) in [7, 11) is 1.47. The highest BCUT2D eigenvalue weighted by Crippen LogP contribution is 2.00. The normalized spacial score (nSPS) is 9.67. The first kappa shape index (κ1) is 11.2. The minimum absolute atomic E-state index is 0.201. The fourth-order valence-corrected chi connectivity index (χ4v) is 1.10. The van der Waals surface area contributed by atoms with Crippen LogP contribution >= 0.6 is 0 Å². The van der Waals surface area contributed by atoms with E-state index < -0.39 is 5.97 Å². The number of aromatic nitrogens is 1. The van der Waals surface area contributed by atoms with Crippen LogP contribution in [0.3, 0.4) is 0 Å². The maximum atomic E-state index is 11.5. The first-order chi connectivity index (χ1) is 7.09. The second-order valence-electron chi connectivity index (χ2n) is 3.18. The predicted octanol–water partition coefficient (Wildman–Crippen LogP) is 0.167. The van der Waals surface area contributed by atoms with Gasteiger partial charge in [-0.25, -0.2) is 0 Å². The molecule has 1 N–H and O–H groups in total. The summed E-state index contributed by atoms with van der Waals surface area (Å²) < 4.78 is 0. The van der Waals surface area contributed by atoms with Gasteiger partial charge in [-0.2, -0.15) is 0 Å². The van der Waals surface area contributed by atoms with Crippen molar-refractivity contribution in [2.45, 2.75) is 6.42 Å². The summed E-state index contributed by atoms with van der Waals surface area (Å²) in [4.78, 5) is 26.9. The topological polar surface area (TPSA) is 70.5 Å². The number of carboxylic acid groups (broad SMARTS) is 1. The summed E-state index contributed by atoms with van der Waals surface area (Å²) in [5, 5.41) is 8.49. The largest absolute Gasteiger partial charge is 0.480 e. The van der Waals surface area contributed by atoms with Gasteiger partial charge in [0, 0.05) is 19.4 Å². The van der Waals surface area contributed by atoms with Crippen LogP contribution < -0.4 is 0 Å². The third kappa shape index (κ3) is 3.76. The van der Waals surface area contributed by atoms with Gasteiger partial charge in [-0.15, -0.1) is 0 Å². The average Bonchev–Trinajstić information content (AvgIpc) is 2.18. The van der Waals surface area contributed by atoms with E-state index in [9.17, 15) is 9.59 Å². The van der Waals surface area contributed by atoms with Crippen molar-refractivity contribution in [3.63, 3.8) is 0 Å². The van der Waals surface area contributed by atoms with Gasteiger partial charge in [0.25, 0.3) is 0 Å². The lowest BCUT2D eigenvalue weighted by atomic mass is 10.2. The van der Waals surface area contributed by atoms with Crippen LogP contribution in [-0.2, 0) is 16.0 Å². The van der Waals surface area contributed by atoms with Crippen LogP contribution in [0.5, 0.6) is 0 Å². The number of nitrogens with zero attached hydrogens (tertiary/aromatic N) is 2. The molecule has 0 atom stereocenters. The molecule has 0 unspecified atom stereocenters. The van der Waals surface area contributed by atoms with Gasteiger partial charge in [-0.3, -0.25) is 14.6 Å². The number of amides is 1. The predicted molar refractivity (Wildman–Crippen MR) is 53.2 cm³/mol. The van der Waals surface area contributed by atoms with Crippen molar-refractivity contribution in [1.29, 1.82) is 0 Å². The van der Waals surface area contributed by atoms with Crippen LogP contribution in [0.15, 0.2) is 24.5 Å². The van der Waals surface area contributed by atoms with E-state index in [1.165, 1.54) is 11.9 Å². The Balaban J connectivity index is 2.52. The van der Waals surface area contributed by atoms with E-state index in [0.29, 0.717) is 0 Å². The van der Waals surface area contributed by atoms with Crippen molar-refractivity contribution in [3.8, 4) is 0 Å². The average molecular weight is 208 g/mol. The highest BCUT2D eigenvalue weighted by atomic mass is 16.4. The van der Waals surface area contributed by atoms with E-state index in [2.05, 4.69) is 4.98 Å². The van der Waals surface area contributed by atoms with Crippen LogP contribution in [0, 0.1) is 0 Å². The van der Waals surface area contributed by atoms with Gasteiger partial charge >= 0.3 is 5.97 Å². The lowest BCUT2D eigenvalue weighted by Crippen LogP contribution is -2.33. The zero-order chi connectivity index (χ0) is 11.3. The number of pyridine rings is 1. The lowest BCUT2D eigenvalue weighted by Gasteiger charge is -2.14. The van der Waals surface area contributed by atoms with E-state index in [1.807, 2.05) is 0 Å². The molecule has 1 rings (SSSR count). The third-order valence-electron chi connectivity index (χ3n) is 1.90. The molecule has 5 heteroatoms. The minimum Gasteiger partial charge on any atom is -0.480 e. The maximum Gasteiger partial charge on any atom is 0.323 e. The molecular weight excluding hydrogens is 196 g/mol. The van der Waals surface area contributed by atoms with Gasteiger partial charge < -0.3 is 10.0 Å². The Bertz CT molecular complexity index is 351. The zero-order valence-electron chi connectivity index (χ0n) is 8.38. The molecule has 0 bridgehead atoms. The number of hydrogen-bond acceptors (Lipinski definition) is 3. The molecule has 1 aromatic heterocycles. The number of carbonyl (C=O) groups is 2. The number of likely N-dealkylation sites (N-methyl/N-ethyl adjacent to an activating group) is 1. The van der Waals surface area contributed by atoms with E-state index in [0.717, 1.165) is 5.56 Å². The molecule has 80 valence electrons. The van der Waals surface area contributed by atoms with Crippen LogP contribution in [0.2, 0.25) is 0 Å². The molecule has 0 saturated heterocycles. The molecule has 0 aliphatic carbocycles. The Morgan fingerprint density at radius 3 is 2.53 bits per heavy atom. The number of aliphatic carboxylic acids is 1. The highest BCUT2D eigenvalue weighted by molar-refractivity contribution is 5.82. The van der Waals surface area contributed by atoms with Crippen LogP contribution in [0.25, 0.3) is 0 Å². The molecular formula is C10H12N2O3. The van der Waals surface area contributed by atoms with E-state index >= 15 is 0 Å². The van der Waals surface area contributed by atoms with Crippen molar-refractivity contribution in [3.05, 3.63) is 30.1 Å². The molecule has 15 heavy (non-hydrogen) atoms. The Hall–Kier alpha value is -1.91. The first-order valence-electron chi connectivity index (χ1n) is 4.44. The fraction of sp³-hybridized carbons (Fsp3) is 0.300. The molecule has 5 nitrogen and oxygen atoms in total. The summed E-state index contributed by atoms with van der Waals surface area (Å²) in [6, 6.07) is 3.46. The molecule has 0 spiro atoms. The summed E-state index contributed by atoms with van der Waals surface area (Å²) in [5.41, 5.74) is 0.826. The van der Waals surface area contributed by atoms with Crippen molar-refractivity contribution in [2.75, 3.05) is 13.6 Å². The molecule has 0 aromatic carbocycles. The molecule has 1 heterocycles. The maximum absolute atomic E-state index is 11.5. The van der Waals surface area contributed by atoms with Gasteiger partial charge in [0.15, 0.2) is 0 Å². The third-order valence-corrected chi connectivity index (χ3v) is 1.90. The van der Waals surface area contributed by atoms with Crippen molar-refractivity contribution in [1.82, 2.24) is 9.88 Å². The highest BCUT2D eigenvalue weighted by Gasteiger charge is 2.12. The summed E-state index contributed by atoms with van der Waals surface area (Å²) >= 11 is 0. The summed E-state index contributed by atoms with van der Waals surface area (Å²) in [6.45, 7) is -0.274. The number of hydrogen-bond donors (Lipinski definition) is 1. The van der Waals surface area contributed by atoms with Gasteiger partial charge in [-0.1, -0.05) is 0 Å². The Morgan fingerprint density at radius 1 is 1.40 bits per heavy atom. The second-order valence-corrected chi connectivity index (χ2v) is 3.18. The monoisotopic (exact) mass is 208 g/mol. The molecule has 0 aliphatic heterocycles. The Kier molecular flexibility index (Phi) is 3.79. The second kappa shape index (κ2) is 5.09. The van der Waals surface area contributed by atoms with Crippen molar-refractivity contribution >= 4 is 11.9 Å². The molecule has 0 radical (unpaired) electrons.